The molecular weight excluding hydrogens is 226 g/mol. The summed E-state index contributed by atoms with van der Waals surface area (Å²) in [6.45, 7) is 0.519. The Bertz CT molecular complexity index is 475. The van der Waals surface area contributed by atoms with Gasteiger partial charge in [-0.1, -0.05) is 6.07 Å². The number of hydrogen-bond donors (Lipinski definition) is 3. The van der Waals surface area contributed by atoms with Gasteiger partial charge in [0.2, 0.25) is 5.91 Å². The number of nitro groups is 1. The lowest BCUT2D eigenvalue weighted by molar-refractivity contribution is -0.385. The zero-order valence-electron chi connectivity index (χ0n) is 8.84. The van der Waals surface area contributed by atoms with E-state index in [0.29, 0.717) is 18.5 Å². The fraction of sp³-hybridized carbons (Fsp3) is 0.300. The Labute approximate surface area is 96.6 Å². The number of hydrogen-bond acceptors (Lipinski definition) is 5. The summed E-state index contributed by atoms with van der Waals surface area (Å²) in [6, 6.07) is 4.03. The summed E-state index contributed by atoms with van der Waals surface area (Å²) in [5.74, 6) is -0.495. The third-order valence-corrected chi connectivity index (χ3v) is 2.54. The van der Waals surface area contributed by atoms with Crippen LogP contribution < -0.4 is 10.6 Å². The maximum atomic E-state index is 11.2. The van der Waals surface area contributed by atoms with Crippen molar-refractivity contribution in [3.05, 3.63) is 33.9 Å². The number of nitrogens with one attached hydrogen (secondary N) is 2. The highest BCUT2D eigenvalue weighted by Crippen LogP contribution is 2.28. The number of amides is 1. The Morgan fingerprint density at radius 2 is 2.24 bits per heavy atom. The minimum Gasteiger partial charge on any atom is -0.502 e. The van der Waals surface area contributed by atoms with Crippen molar-refractivity contribution >= 4 is 11.6 Å². The molecule has 1 fully saturated rings. The molecule has 1 saturated heterocycles. The number of benzene rings is 1. The molecule has 90 valence electrons. The van der Waals surface area contributed by atoms with Gasteiger partial charge in [-0.25, -0.2) is 0 Å². The summed E-state index contributed by atoms with van der Waals surface area (Å²) in [5.41, 5.74) is 0.173. The molecule has 1 heterocycles. The molecule has 3 N–H and O–H groups in total. The first-order valence-electron chi connectivity index (χ1n) is 5.08. The first kappa shape index (κ1) is 11.3. The lowest BCUT2D eigenvalue weighted by atomic mass is 10.1. The number of carbonyl (C=O) groups excluding carboxylic acids is 1. The summed E-state index contributed by atoms with van der Waals surface area (Å²) < 4.78 is 0. The van der Waals surface area contributed by atoms with Crippen LogP contribution in [0.5, 0.6) is 5.75 Å². The van der Waals surface area contributed by atoms with E-state index < -0.39 is 11.1 Å². The van der Waals surface area contributed by atoms with E-state index in [0.717, 1.165) is 0 Å². The number of carbonyl (C=O) groups is 1. The van der Waals surface area contributed by atoms with Gasteiger partial charge >= 0.3 is 5.69 Å². The summed E-state index contributed by atoms with van der Waals surface area (Å²) in [4.78, 5) is 21.2. The fourth-order valence-electron chi connectivity index (χ4n) is 1.68. The Hall–Kier alpha value is -2.15. The van der Waals surface area contributed by atoms with Crippen LogP contribution in [-0.4, -0.2) is 22.5 Å². The molecule has 1 aliphatic heterocycles. The molecule has 17 heavy (non-hydrogen) atoms. The second-order valence-corrected chi connectivity index (χ2v) is 3.71. The van der Waals surface area contributed by atoms with E-state index in [1.807, 2.05) is 0 Å². The largest absolute Gasteiger partial charge is 0.502 e. The zero-order chi connectivity index (χ0) is 12.4. The molecule has 1 atom stereocenters. The molecule has 7 heteroatoms. The predicted octanol–water partition coefficient (Wildman–Crippen LogP) is 0.408. The second kappa shape index (κ2) is 4.38. The molecule has 0 radical (unpaired) electrons. The van der Waals surface area contributed by atoms with E-state index in [1.54, 1.807) is 0 Å². The Kier molecular flexibility index (Phi) is 2.92. The van der Waals surface area contributed by atoms with Crippen molar-refractivity contribution in [2.75, 3.05) is 6.54 Å². The van der Waals surface area contributed by atoms with Gasteiger partial charge in [-0.3, -0.25) is 20.2 Å². The van der Waals surface area contributed by atoms with E-state index in [9.17, 15) is 20.0 Å². The van der Waals surface area contributed by atoms with E-state index in [2.05, 4.69) is 10.6 Å². The van der Waals surface area contributed by atoms with E-state index in [-0.39, 0.29) is 17.3 Å². The van der Waals surface area contributed by atoms with Crippen molar-refractivity contribution in [3.63, 3.8) is 0 Å². The van der Waals surface area contributed by atoms with Crippen LogP contribution in [0.15, 0.2) is 18.2 Å². The van der Waals surface area contributed by atoms with Crippen LogP contribution in [0.2, 0.25) is 0 Å². The van der Waals surface area contributed by atoms with Crippen molar-refractivity contribution in [1.82, 2.24) is 10.6 Å². The maximum absolute atomic E-state index is 11.2. The second-order valence-electron chi connectivity index (χ2n) is 3.71. The molecule has 0 aromatic heterocycles. The van der Waals surface area contributed by atoms with Crippen molar-refractivity contribution in [2.45, 2.75) is 12.6 Å². The standard InChI is InChI=1S/C10H11N3O4/c14-8-2-1-6(5-7(8)13(16)17)10-11-4-3-9(15)12-10/h1-2,5,10-11,14H,3-4H2,(H,12,15)/t10-/m1/s1. The summed E-state index contributed by atoms with van der Waals surface area (Å²) in [5, 5.41) is 25.6. The van der Waals surface area contributed by atoms with Gasteiger partial charge in [-0.2, -0.15) is 0 Å². The normalized spacial score (nSPS) is 19.8. The van der Waals surface area contributed by atoms with Crippen LogP contribution in [0.1, 0.15) is 18.2 Å². The first-order valence-corrected chi connectivity index (χ1v) is 5.08. The average molecular weight is 237 g/mol. The third-order valence-electron chi connectivity index (χ3n) is 2.54. The molecule has 1 aromatic rings. The smallest absolute Gasteiger partial charge is 0.311 e. The van der Waals surface area contributed by atoms with Gasteiger partial charge in [0.15, 0.2) is 5.75 Å². The fourth-order valence-corrected chi connectivity index (χ4v) is 1.68. The quantitative estimate of drug-likeness (QED) is 0.510. The summed E-state index contributed by atoms with van der Waals surface area (Å²) in [7, 11) is 0. The lowest BCUT2D eigenvalue weighted by Crippen LogP contribution is -2.44. The number of rotatable bonds is 2. The van der Waals surface area contributed by atoms with Gasteiger partial charge in [0.05, 0.1) is 4.92 Å². The number of nitrogens with zero attached hydrogens (tertiary/aromatic N) is 1. The summed E-state index contributed by atoms with van der Waals surface area (Å²) in [6.07, 6.45) is -0.0630. The number of phenols is 1. The Balaban J connectivity index is 2.29. The van der Waals surface area contributed by atoms with Crippen LogP contribution in [0.25, 0.3) is 0 Å². The molecule has 1 amide bonds. The average Bonchev–Trinajstić information content (AvgIpc) is 2.29. The highest BCUT2D eigenvalue weighted by molar-refractivity contribution is 5.77. The SMILES string of the molecule is O=C1CCN[C@@H](c2ccc(O)c([N+](=O)[O-])c2)N1. The molecule has 1 aromatic carbocycles. The molecule has 0 aliphatic carbocycles. The van der Waals surface area contributed by atoms with E-state index >= 15 is 0 Å². The number of aromatic hydroxyl groups is 1. The van der Waals surface area contributed by atoms with E-state index in [1.165, 1.54) is 18.2 Å². The van der Waals surface area contributed by atoms with Gasteiger partial charge < -0.3 is 10.4 Å². The number of nitro benzene ring substituents is 1. The molecule has 0 unspecified atom stereocenters. The summed E-state index contributed by atoms with van der Waals surface area (Å²) >= 11 is 0. The highest BCUT2D eigenvalue weighted by Gasteiger charge is 2.22. The maximum Gasteiger partial charge on any atom is 0.311 e. The molecule has 2 rings (SSSR count). The van der Waals surface area contributed by atoms with Crippen LogP contribution in [0.3, 0.4) is 0 Å². The minimum atomic E-state index is -0.663. The number of phenolic OH excluding ortho intramolecular Hbond substituents is 1. The minimum absolute atomic E-state index is 0.107. The molecule has 1 aliphatic rings. The highest BCUT2D eigenvalue weighted by atomic mass is 16.6. The van der Waals surface area contributed by atoms with Gasteiger partial charge in [0.1, 0.15) is 6.17 Å². The van der Waals surface area contributed by atoms with E-state index in [4.69, 9.17) is 0 Å². The monoisotopic (exact) mass is 237 g/mol. The molecule has 0 bridgehead atoms. The van der Waals surface area contributed by atoms with Crippen LogP contribution in [0, 0.1) is 10.1 Å². The topological polar surface area (TPSA) is 104 Å². The van der Waals surface area contributed by atoms with Crippen LogP contribution >= 0.6 is 0 Å². The van der Waals surface area contributed by atoms with Crippen LogP contribution in [0.4, 0.5) is 5.69 Å². The molecule has 0 saturated carbocycles. The van der Waals surface area contributed by atoms with Gasteiger partial charge in [-0.05, 0) is 11.6 Å². The Morgan fingerprint density at radius 1 is 1.47 bits per heavy atom. The predicted molar refractivity (Wildman–Crippen MR) is 58.3 cm³/mol. The third kappa shape index (κ3) is 2.34. The van der Waals surface area contributed by atoms with Crippen molar-refractivity contribution in [3.8, 4) is 5.75 Å². The van der Waals surface area contributed by atoms with Gasteiger partial charge in [-0.15, -0.1) is 0 Å². The Morgan fingerprint density at radius 3 is 2.88 bits per heavy atom. The molecule has 7 nitrogen and oxygen atoms in total. The van der Waals surface area contributed by atoms with Crippen LogP contribution in [-0.2, 0) is 4.79 Å². The molecule has 0 spiro atoms. The lowest BCUT2D eigenvalue weighted by Gasteiger charge is -2.24. The zero-order valence-corrected chi connectivity index (χ0v) is 8.84. The van der Waals surface area contributed by atoms with Crippen molar-refractivity contribution in [2.24, 2.45) is 0 Å². The van der Waals surface area contributed by atoms with Gasteiger partial charge in [0, 0.05) is 19.0 Å². The van der Waals surface area contributed by atoms with Gasteiger partial charge in [0.25, 0.3) is 0 Å². The molecular formula is C10H11N3O4. The van der Waals surface area contributed by atoms with Crippen molar-refractivity contribution < 1.29 is 14.8 Å². The first-order chi connectivity index (χ1) is 8.08. The van der Waals surface area contributed by atoms with Crippen molar-refractivity contribution in [1.29, 1.82) is 0 Å².